The molecule has 1 atom stereocenters. The van der Waals surface area contributed by atoms with Crippen LogP contribution in [0.25, 0.3) is 21.3 Å². The average Bonchev–Trinajstić information content (AvgIpc) is 3.03. The summed E-state index contributed by atoms with van der Waals surface area (Å²) in [4.78, 5) is 23.8. The van der Waals surface area contributed by atoms with E-state index in [1.807, 2.05) is 32.2 Å². The Bertz CT molecular complexity index is 995. The van der Waals surface area contributed by atoms with Crippen LogP contribution in [-0.2, 0) is 17.6 Å². The summed E-state index contributed by atoms with van der Waals surface area (Å²) in [7, 11) is 0. The third-order valence-electron chi connectivity index (χ3n) is 5.51. The SMILES string of the molecule is CCCC(C(=O)O)c1c(C)nc2sc3c(c2c1-c1cccnc1)CCCC3. The van der Waals surface area contributed by atoms with E-state index in [-0.39, 0.29) is 0 Å². The molecule has 4 nitrogen and oxygen atoms in total. The number of pyridine rings is 2. The van der Waals surface area contributed by atoms with Crippen LogP contribution in [0.1, 0.15) is 60.2 Å². The maximum absolute atomic E-state index is 12.1. The summed E-state index contributed by atoms with van der Waals surface area (Å²) in [6.45, 7) is 3.99. The van der Waals surface area contributed by atoms with Crippen LogP contribution in [-0.4, -0.2) is 21.0 Å². The van der Waals surface area contributed by atoms with Crippen LogP contribution in [0.4, 0.5) is 0 Å². The molecule has 27 heavy (non-hydrogen) atoms. The Morgan fingerprint density at radius 1 is 1.33 bits per heavy atom. The lowest BCUT2D eigenvalue weighted by Gasteiger charge is -2.21. The van der Waals surface area contributed by atoms with Crippen LogP contribution in [0.5, 0.6) is 0 Å². The Kier molecular flexibility index (Phi) is 4.96. The standard InChI is InChI=1S/C22H24N2O2S/c1-3-7-16(22(25)26)18-13(2)24-21-20(15-9-4-5-10-17(15)27-21)19(18)14-8-6-11-23-12-14/h6,8,11-12,16H,3-5,7,9-10H2,1-2H3,(H,25,26). The zero-order valence-corrected chi connectivity index (χ0v) is 16.6. The molecule has 5 heteroatoms. The van der Waals surface area contributed by atoms with Crippen molar-refractivity contribution >= 4 is 27.5 Å². The minimum Gasteiger partial charge on any atom is -0.481 e. The molecular formula is C22H24N2O2S. The van der Waals surface area contributed by atoms with Gasteiger partial charge in [-0.2, -0.15) is 0 Å². The van der Waals surface area contributed by atoms with Gasteiger partial charge in [0.15, 0.2) is 0 Å². The molecule has 0 fully saturated rings. The van der Waals surface area contributed by atoms with E-state index in [1.165, 1.54) is 28.7 Å². The molecule has 1 aliphatic carbocycles. The van der Waals surface area contributed by atoms with E-state index in [1.54, 1.807) is 17.5 Å². The second-order valence-electron chi connectivity index (χ2n) is 7.30. The molecule has 1 unspecified atom stereocenters. The molecule has 0 amide bonds. The Morgan fingerprint density at radius 3 is 2.85 bits per heavy atom. The zero-order chi connectivity index (χ0) is 19.0. The van der Waals surface area contributed by atoms with E-state index >= 15 is 0 Å². The molecule has 0 aliphatic heterocycles. The quantitative estimate of drug-likeness (QED) is 0.633. The van der Waals surface area contributed by atoms with Gasteiger partial charge in [-0.05, 0) is 61.8 Å². The van der Waals surface area contributed by atoms with Crippen molar-refractivity contribution < 1.29 is 9.90 Å². The molecule has 3 aromatic rings. The van der Waals surface area contributed by atoms with Crippen molar-refractivity contribution in [2.75, 3.05) is 0 Å². The number of nitrogens with zero attached hydrogens (tertiary/aromatic N) is 2. The molecule has 140 valence electrons. The molecule has 3 heterocycles. The molecule has 3 aromatic heterocycles. The third kappa shape index (κ3) is 3.14. The van der Waals surface area contributed by atoms with Crippen LogP contribution >= 0.6 is 11.3 Å². The number of carbonyl (C=O) groups is 1. The van der Waals surface area contributed by atoms with E-state index in [9.17, 15) is 9.90 Å². The second-order valence-corrected chi connectivity index (χ2v) is 8.38. The summed E-state index contributed by atoms with van der Waals surface area (Å²) in [6.07, 6.45) is 9.62. The molecule has 0 aromatic carbocycles. The van der Waals surface area contributed by atoms with Crippen molar-refractivity contribution in [1.82, 2.24) is 9.97 Å². The lowest BCUT2D eigenvalue weighted by Crippen LogP contribution is -2.15. The van der Waals surface area contributed by atoms with Crippen molar-refractivity contribution in [1.29, 1.82) is 0 Å². The number of rotatable bonds is 5. The molecule has 1 aliphatic rings. The van der Waals surface area contributed by atoms with E-state index in [0.717, 1.165) is 46.5 Å². The number of aryl methyl sites for hydroxylation is 3. The maximum atomic E-state index is 12.1. The highest BCUT2D eigenvalue weighted by molar-refractivity contribution is 7.19. The van der Waals surface area contributed by atoms with Gasteiger partial charge in [0.2, 0.25) is 0 Å². The molecule has 0 saturated heterocycles. The number of hydrogen-bond acceptors (Lipinski definition) is 4. The number of aliphatic carboxylic acids is 1. The van der Waals surface area contributed by atoms with E-state index < -0.39 is 11.9 Å². The monoisotopic (exact) mass is 380 g/mol. The number of hydrogen-bond donors (Lipinski definition) is 1. The molecule has 0 radical (unpaired) electrons. The summed E-state index contributed by atoms with van der Waals surface area (Å²) in [5.74, 6) is -1.31. The highest BCUT2D eigenvalue weighted by atomic mass is 32.1. The summed E-state index contributed by atoms with van der Waals surface area (Å²) in [5, 5.41) is 11.1. The topological polar surface area (TPSA) is 63.1 Å². The summed E-state index contributed by atoms with van der Waals surface area (Å²) in [5.41, 5.74) is 5.13. The largest absolute Gasteiger partial charge is 0.481 e. The minimum absolute atomic E-state index is 0.541. The smallest absolute Gasteiger partial charge is 0.311 e. The van der Waals surface area contributed by atoms with Gasteiger partial charge in [-0.3, -0.25) is 9.78 Å². The predicted octanol–water partition coefficient (Wildman–Crippen LogP) is 5.51. The van der Waals surface area contributed by atoms with Crippen molar-refractivity contribution in [2.24, 2.45) is 0 Å². The molecular weight excluding hydrogens is 356 g/mol. The average molecular weight is 381 g/mol. The van der Waals surface area contributed by atoms with Crippen LogP contribution in [0, 0.1) is 6.92 Å². The highest BCUT2D eigenvalue weighted by Crippen LogP contribution is 2.45. The second kappa shape index (κ2) is 7.39. The van der Waals surface area contributed by atoms with Crippen LogP contribution in [0.15, 0.2) is 24.5 Å². The zero-order valence-electron chi connectivity index (χ0n) is 15.8. The van der Waals surface area contributed by atoms with Crippen molar-refractivity contribution in [3.8, 4) is 11.1 Å². The fraction of sp³-hybridized carbons (Fsp3) is 0.409. The molecule has 1 N–H and O–H groups in total. The van der Waals surface area contributed by atoms with Gasteiger partial charge in [-0.1, -0.05) is 19.4 Å². The first-order valence-electron chi connectivity index (χ1n) is 9.69. The van der Waals surface area contributed by atoms with Gasteiger partial charge < -0.3 is 5.11 Å². The number of thiophene rings is 1. The van der Waals surface area contributed by atoms with Gasteiger partial charge in [0.1, 0.15) is 4.83 Å². The summed E-state index contributed by atoms with van der Waals surface area (Å²) >= 11 is 1.79. The first kappa shape index (κ1) is 18.1. The number of fused-ring (bicyclic) bond motifs is 3. The van der Waals surface area contributed by atoms with E-state index in [4.69, 9.17) is 4.98 Å². The van der Waals surface area contributed by atoms with Crippen LogP contribution in [0.2, 0.25) is 0 Å². The Balaban J connectivity index is 2.10. The highest BCUT2D eigenvalue weighted by Gasteiger charge is 2.30. The molecule has 0 bridgehead atoms. The normalized spacial score (nSPS) is 14.9. The fourth-order valence-electron chi connectivity index (χ4n) is 4.33. The lowest BCUT2D eigenvalue weighted by molar-refractivity contribution is -0.139. The van der Waals surface area contributed by atoms with Crippen molar-refractivity contribution in [3.63, 3.8) is 0 Å². The van der Waals surface area contributed by atoms with Gasteiger partial charge in [0.25, 0.3) is 0 Å². The van der Waals surface area contributed by atoms with Gasteiger partial charge in [0.05, 0.1) is 5.92 Å². The van der Waals surface area contributed by atoms with Gasteiger partial charge >= 0.3 is 5.97 Å². The third-order valence-corrected chi connectivity index (χ3v) is 6.69. The van der Waals surface area contributed by atoms with E-state index in [2.05, 4.69) is 4.98 Å². The summed E-state index contributed by atoms with van der Waals surface area (Å²) < 4.78 is 0. The maximum Gasteiger partial charge on any atom is 0.311 e. The van der Waals surface area contributed by atoms with Gasteiger partial charge in [0, 0.05) is 33.9 Å². The Labute approximate surface area is 163 Å². The first-order chi connectivity index (χ1) is 13.1. The van der Waals surface area contributed by atoms with Crippen molar-refractivity contribution in [3.05, 3.63) is 46.2 Å². The fourth-order valence-corrected chi connectivity index (χ4v) is 5.65. The van der Waals surface area contributed by atoms with E-state index in [0.29, 0.717) is 6.42 Å². The molecule has 0 saturated carbocycles. The first-order valence-corrected chi connectivity index (χ1v) is 10.5. The van der Waals surface area contributed by atoms with Crippen LogP contribution in [0.3, 0.4) is 0 Å². The molecule has 0 spiro atoms. The summed E-state index contributed by atoms with van der Waals surface area (Å²) in [6, 6.07) is 3.97. The van der Waals surface area contributed by atoms with Gasteiger partial charge in [-0.25, -0.2) is 4.98 Å². The lowest BCUT2D eigenvalue weighted by atomic mass is 9.84. The predicted molar refractivity (Wildman–Crippen MR) is 110 cm³/mol. The Morgan fingerprint density at radius 2 is 2.15 bits per heavy atom. The number of carboxylic acid groups (broad SMARTS) is 1. The van der Waals surface area contributed by atoms with Gasteiger partial charge in [-0.15, -0.1) is 11.3 Å². The number of aromatic nitrogens is 2. The molecule has 4 rings (SSSR count). The van der Waals surface area contributed by atoms with Crippen LogP contribution < -0.4 is 0 Å². The number of carboxylic acids is 1. The minimum atomic E-state index is -0.768. The Hall–Kier alpha value is -2.27. The van der Waals surface area contributed by atoms with Crippen molar-refractivity contribution in [2.45, 2.75) is 58.3 Å².